The topological polar surface area (TPSA) is 49.4 Å². The van der Waals surface area contributed by atoms with Gasteiger partial charge in [-0.05, 0) is 26.3 Å². The van der Waals surface area contributed by atoms with E-state index in [2.05, 4.69) is 5.32 Å². The van der Waals surface area contributed by atoms with Gasteiger partial charge in [0.2, 0.25) is 5.91 Å². The molecule has 4 nitrogen and oxygen atoms in total. The van der Waals surface area contributed by atoms with Crippen molar-refractivity contribution in [1.29, 1.82) is 0 Å². The van der Waals surface area contributed by atoms with E-state index < -0.39 is 0 Å². The lowest BCUT2D eigenvalue weighted by atomic mass is 10.2. The minimum Gasteiger partial charge on any atom is -0.355 e. The predicted octanol–water partition coefficient (Wildman–Crippen LogP) is 0.423. The average Bonchev–Trinajstić information content (AvgIpc) is 2.97. The third kappa shape index (κ3) is 4.93. The quantitative estimate of drug-likeness (QED) is 0.665. The number of nitrogens with one attached hydrogen (secondary N) is 1. The highest BCUT2D eigenvalue weighted by molar-refractivity contribution is 5.85. The van der Waals surface area contributed by atoms with E-state index in [9.17, 15) is 9.59 Å². The Bertz CT molecular complexity index is 237. The van der Waals surface area contributed by atoms with Crippen LogP contribution in [0.25, 0.3) is 0 Å². The molecule has 0 spiro atoms. The van der Waals surface area contributed by atoms with Gasteiger partial charge < -0.3 is 5.32 Å². The summed E-state index contributed by atoms with van der Waals surface area (Å²) in [5.41, 5.74) is 0. The standard InChI is InChI=1S/C11H20N2O2/c1-3-6-12-11(15)8-13(2)7-10(14)9-4-5-9/h9H,3-8H2,1-2H3,(H,12,15). The first-order valence-corrected chi connectivity index (χ1v) is 5.61. The normalized spacial score (nSPS) is 15.4. The van der Waals surface area contributed by atoms with Crippen molar-refractivity contribution >= 4 is 11.7 Å². The van der Waals surface area contributed by atoms with E-state index in [0.717, 1.165) is 19.3 Å². The van der Waals surface area contributed by atoms with Crippen LogP contribution >= 0.6 is 0 Å². The Morgan fingerprint density at radius 2 is 2.00 bits per heavy atom. The number of carbonyl (C=O) groups is 2. The van der Waals surface area contributed by atoms with E-state index in [0.29, 0.717) is 19.6 Å². The van der Waals surface area contributed by atoms with E-state index in [4.69, 9.17) is 0 Å². The Kier molecular flexibility index (Phi) is 4.75. The first-order valence-electron chi connectivity index (χ1n) is 5.61. The fourth-order valence-electron chi connectivity index (χ4n) is 1.42. The minimum atomic E-state index is 0.00273. The smallest absolute Gasteiger partial charge is 0.234 e. The van der Waals surface area contributed by atoms with Gasteiger partial charge in [-0.1, -0.05) is 6.92 Å². The van der Waals surface area contributed by atoms with Gasteiger partial charge in [0.05, 0.1) is 13.1 Å². The summed E-state index contributed by atoms with van der Waals surface area (Å²) in [6.45, 7) is 3.45. The zero-order valence-electron chi connectivity index (χ0n) is 9.58. The van der Waals surface area contributed by atoms with Crippen LogP contribution in [0.2, 0.25) is 0 Å². The minimum absolute atomic E-state index is 0.00273. The second-order valence-corrected chi connectivity index (χ2v) is 4.26. The van der Waals surface area contributed by atoms with Crippen molar-refractivity contribution < 1.29 is 9.59 Å². The van der Waals surface area contributed by atoms with Gasteiger partial charge in [0.25, 0.3) is 0 Å². The van der Waals surface area contributed by atoms with Crippen LogP contribution in [0, 0.1) is 5.92 Å². The summed E-state index contributed by atoms with van der Waals surface area (Å²) in [6.07, 6.45) is 3.01. The maximum atomic E-state index is 11.4. The molecule has 15 heavy (non-hydrogen) atoms. The monoisotopic (exact) mass is 212 g/mol. The van der Waals surface area contributed by atoms with Gasteiger partial charge in [-0.3, -0.25) is 14.5 Å². The first-order chi connectivity index (χ1) is 7.13. The van der Waals surface area contributed by atoms with Gasteiger partial charge in [-0.2, -0.15) is 0 Å². The van der Waals surface area contributed by atoms with E-state index in [1.165, 1.54) is 0 Å². The van der Waals surface area contributed by atoms with Gasteiger partial charge >= 0.3 is 0 Å². The maximum Gasteiger partial charge on any atom is 0.234 e. The Balaban J connectivity index is 2.13. The molecule has 0 aromatic rings. The predicted molar refractivity (Wildman–Crippen MR) is 58.5 cm³/mol. The van der Waals surface area contributed by atoms with Crippen LogP contribution in [0.15, 0.2) is 0 Å². The molecular weight excluding hydrogens is 192 g/mol. The number of hydrogen-bond acceptors (Lipinski definition) is 3. The van der Waals surface area contributed by atoms with Gasteiger partial charge in [0.1, 0.15) is 5.78 Å². The summed E-state index contributed by atoms with van der Waals surface area (Å²) in [5, 5.41) is 2.79. The van der Waals surface area contributed by atoms with Crippen molar-refractivity contribution in [3.8, 4) is 0 Å². The molecule has 1 rings (SSSR count). The second kappa shape index (κ2) is 5.85. The number of Topliss-reactive ketones (excluding diaryl/α,β-unsaturated/α-hetero) is 1. The zero-order chi connectivity index (χ0) is 11.3. The van der Waals surface area contributed by atoms with Crippen molar-refractivity contribution in [2.75, 3.05) is 26.7 Å². The molecule has 0 bridgehead atoms. The van der Waals surface area contributed by atoms with E-state index >= 15 is 0 Å². The van der Waals surface area contributed by atoms with Gasteiger partial charge in [-0.15, -0.1) is 0 Å². The average molecular weight is 212 g/mol. The van der Waals surface area contributed by atoms with Crippen LogP contribution < -0.4 is 5.32 Å². The number of amides is 1. The first kappa shape index (κ1) is 12.2. The Hall–Kier alpha value is -0.900. The molecule has 0 radical (unpaired) electrons. The third-order valence-corrected chi connectivity index (χ3v) is 2.44. The van der Waals surface area contributed by atoms with Crippen LogP contribution in [0.5, 0.6) is 0 Å². The molecule has 1 fully saturated rings. The van der Waals surface area contributed by atoms with Crippen molar-refractivity contribution in [3.05, 3.63) is 0 Å². The molecule has 1 saturated carbocycles. The molecule has 1 aliphatic carbocycles. The molecular formula is C11H20N2O2. The highest BCUT2D eigenvalue weighted by Gasteiger charge is 2.29. The lowest BCUT2D eigenvalue weighted by Crippen LogP contribution is -2.38. The van der Waals surface area contributed by atoms with Gasteiger partial charge in [-0.25, -0.2) is 0 Å². The number of carbonyl (C=O) groups excluding carboxylic acids is 2. The molecule has 0 aliphatic heterocycles. The molecule has 0 atom stereocenters. The van der Waals surface area contributed by atoms with Crippen LogP contribution in [-0.4, -0.2) is 43.3 Å². The SMILES string of the molecule is CCCNC(=O)CN(C)CC(=O)C1CC1. The van der Waals surface area contributed by atoms with Crippen LogP contribution in [0.1, 0.15) is 26.2 Å². The summed E-state index contributed by atoms with van der Waals surface area (Å²) >= 11 is 0. The molecule has 0 unspecified atom stereocenters. The van der Waals surface area contributed by atoms with Crippen LogP contribution in [0.4, 0.5) is 0 Å². The van der Waals surface area contributed by atoms with Gasteiger partial charge in [0.15, 0.2) is 0 Å². The third-order valence-electron chi connectivity index (χ3n) is 2.44. The van der Waals surface area contributed by atoms with Crippen molar-refractivity contribution in [1.82, 2.24) is 10.2 Å². The van der Waals surface area contributed by atoms with Crippen LogP contribution in [0.3, 0.4) is 0 Å². The fourth-order valence-corrected chi connectivity index (χ4v) is 1.42. The zero-order valence-corrected chi connectivity index (χ0v) is 9.58. The highest BCUT2D eigenvalue weighted by Crippen LogP contribution is 2.29. The van der Waals surface area contributed by atoms with E-state index in [-0.39, 0.29) is 17.6 Å². The van der Waals surface area contributed by atoms with Crippen molar-refractivity contribution in [2.24, 2.45) is 5.92 Å². The summed E-state index contributed by atoms with van der Waals surface area (Å²) in [6, 6.07) is 0. The Morgan fingerprint density at radius 3 is 2.53 bits per heavy atom. The lowest BCUT2D eigenvalue weighted by molar-refractivity contribution is -0.124. The molecule has 1 amide bonds. The summed E-state index contributed by atoms with van der Waals surface area (Å²) < 4.78 is 0. The largest absolute Gasteiger partial charge is 0.355 e. The molecule has 1 aliphatic rings. The molecule has 0 heterocycles. The lowest BCUT2D eigenvalue weighted by Gasteiger charge is -2.14. The Labute approximate surface area is 91.0 Å². The van der Waals surface area contributed by atoms with Crippen molar-refractivity contribution in [2.45, 2.75) is 26.2 Å². The molecule has 0 saturated heterocycles. The number of likely N-dealkylation sites (N-methyl/N-ethyl adjacent to an activating group) is 1. The van der Waals surface area contributed by atoms with Crippen molar-refractivity contribution in [3.63, 3.8) is 0 Å². The second-order valence-electron chi connectivity index (χ2n) is 4.26. The number of ketones is 1. The number of nitrogens with zero attached hydrogens (tertiary/aromatic N) is 1. The summed E-state index contributed by atoms with van der Waals surface area (Å²) in [4.78, 5) is 24.5. The fraction of sp³-hybridized carbons (Fsp3) is 0.818. The van der Waals surface area contributed by atoms with Gasteiger partial charge in [0, 0.05) is 12.5 Å². The Morgan fingerprint density at radius 1 is 1.33 bits per heavy atom. The van der Waals surface area contributed by atoms with E-state index in [1.54, 1.807) is 4.90 Å². The number of rotatable bonds is 7. The molecule has 86 valence electrons. The number of hydrogen-bond donors (Lipinski definition) is 1. The summed E-state index contributed by atoms with van der Waals surface area (Å²) in [7, 11) is 1.81. The maximum absolute atomic E-state index is 11.4. The van der Waals surface area contributed by atoms with Crippen LogP contribution in [-0.2, 0) is 9.59 Å². The van der Waals surface area contributed by atoms with E-state index in [1.807, 2.05) is 14.0 Å². The molecule has 1 N–H and O–H groups in total. The molecule has 0 aromatic carbocycles. The molecule has 4 heteroatoms. The summed E-state index contributed by atoms with van der Waals surface area (Å²) in [5.74, 6) is 0.565. The molecule has 0 aromatic heterocycles. The highest BCUT2D eigenvalue weighted by atomic mass is 16.2.